The van der Waals surface area contributed by atoms with Gasteiger partial charge in [-0.1, -0.05) is 6.07 Å². The molecule has 0 amide bonds. The molecule has 0 saturated heterocycles. The van der Waals surface area contributed by atoms with Crippen LogP contribution >= 0.6 is 0 Å². The second-order valence-corrected chi connectivity index (χ2v) is 9.41. The van der Waals surface area contributed by atoms with Gasteiger partial charge in [-0.25, -0.2) is 0 Å². The highest BCUT2D eigenvalue weighted by Crippen LogP contribution is 2.57. The summed E-state index contributed by atoms with van der Waals surface area (Å²) in [5.41, 5.74) is -3.92. The van der Waals surface area contributed by atoms with Gasteiger partial charge in [-0.15, -0.1) is 0 Å². The number of carbonyl (C=O) groups is 5. The van der Waals surface area contributed by atoms with Crippen LogP contribution in [0.4, 0.5) is 0 Å². The molecular weight excluding hydrogens is 486 g/mol. The number of Topliss-reactive ketones (excluding diaryl/α,β-unsaturated/α-hetero) is 4. The number of aryl methyl sites for hydroxylation is 1. The standard InChI is InChI=1S/C26H17NO10/c1-37-12-6-11(29)14-15(19(12)30)21(32)17-16(20(14)31)23(34)26(24(17)35)3-2-8-4-9-5-10(7-28)27-25(36)13(9)22(33)18(8)26/h4-7,16-17,29-30,33H,2-3H2,1H3,(H,27,36). The van der Waals surface area contributed by atoms with Crippen LogP contribution < -0.4 is 10.3 Å². The van der Waals surface area contributed by atoms with Gasteiger partial charge in [0.2, 0.25) is 0 Å². The number of rotatable bonds is 2. The van der Waals surface area contributed by atoms with Crippen molar-refractivity contribution in [3.8, 4) is 23.0 Å². The Bertz CT molecular complexity index is 1730. The topological polar surface area (TPSA) is 188 Å². The van der Waals surface area contributed by atoms with Gasteiger partial charge < -0.3 is 25.0 Å². The maximum atomic E-state index is 13.9. The first-order valence-corrected chi connectivity index (χ1v) is 11.3. The molecule has 0 aliphatic heterocycles. The number of H-pyrrole nitrogens is 1. The van der Waals surface area contributed by atoms with Gasteiger partial charge in [-0.3, -0.25) is 28.8 Å². The third-order valence-corrected chi connectivity index (χ3v) is 7.79. The largest absolute Gasteiger partial charge is 0.507 e. The third-order valence-electron chi connectivity index (χ3n) is 7.79. The van der Waals surface area contributed by atoms with Crippen molar-refractivity contribution in [3.63, 3.8) is 0 Å². The number of carbonyl (C=O) groups excluding carboxylic acids is 5. The number of hydrogen-bond acceptors (Lipinski definition) is 10. The quantitative estimate of drug-likeness (QED) is 0.224. The summed E-state index contributed by atoms with van der Waals surface area (Å²) in [7, 11) is 1.17. The molecule has 11 heteroatoms. The molecule has 2 aromatic carbocycles. The third kappa shape index (κ3) is 2.50. The lowest BCUT2D eigenvalue weighted by Gasteiger charge is -2.25. The van der Waals surface area contributed by atoms with Gasteiger partial charge >= 0.3 is 0 Å². The zero-order valence-corrected chi connectivity index (χ0v) is 19.1. The normalized spacial score (nSPS) is 23.9. The maximum absolute atomic E-state index is 13.9. The van der Waals surface area contributed by atoms with Crippen LogP contribution in [0.15, 0.2) is 23.0 Å². The fraction of sp³-hybridized carbons (Fsp3) is 0.231. The molecule has 4 N–H and O–H groups in total. The lowest BCUT2D eigenvalue weighted by Crippen LogP contribution is -2.38. The van der Waals surface area contributed by atoms with Gasteiger partial charge in [-0.05, 0) is 29.9 Å². The Hall–Kier alpha value is -4.80. The minimum Gasteiger partial charge on any atom is -0.507 e. The number of aromatic nitrogens is 1. The number of pyridine rings is 1. The number of ether oxygens (including phenoxy) is 1. The Morgan fingerprint density at radius 2 is 1.59 bits per heavy atom. The number of phenolic OH excluding ortho intramolecular Hbond substituents is 3. The average Bonchev–Trinajstić information content (AvgIpc) is 3.35. The first-order chi connectivity index (χ1) is 17.6. The lowest BCUT2D eigenvalue weighted by atomic mass is 9.74. The molecule has 6 rings (SSSR count). The summed E-state index contributed by atoms with van der Waals surface area (Å²) in [4.78, 5) is 80.9. The van der Waals surface area contributed by atoms with Crippen LogP contribution in [0, 0.1) is 11.8 Å². The van der Waals surface area contributed by atoms with Crippen molar-refractivity contribution < 1.29 is 44.0 Å². The van der Waals surface area contributed by atoms with Gasteiger partial charge in [0.15, 0.2) is 40.9 Å². The number of aromatic hydroxyl groups is 3. The Morgan fingerprint density at radius 1 is 0.946 bits per heavy atom. The van der Waals surface area contributed by atoms with Crippen LogP contribution in [0.2, 0.25) is 0 Å². The first kappa shape index (κ1) is 22.7. The van der Waals surface area contributed by atoms with Crippen LogP contribution in [-0.4, -0.2) is 56.8 Å². The van der Waals surface area contributed by atoms with E-state index in [-0.39, 0.29) is 40.6 Å². The molecule has 3 atom stereocenters. The van der Waals surface area contributed by atoms with E-state index in [0.717, 1.165) is 6.07 Å². The van der Waals surface area contributed by atoms with Crippen molar-refractivity contribution in [2.45, 2.75) is 18.3 Å². The van der Waals surface area contributed by atoms with E-state index in [1.54, 1.807) is 0 Å². The number of phenols is 3. The zero-order chi connectivity index (χ0) is 26.5. The molecule has 1 saturated carbocycles. The monoisotopic (exact) mass is 503 g/mol. The van der Waals surface area contributed by atoms with Gasteiger partial charge in [-0.2, -0.15) is 0 Å². The van der Waals surface area contributed by atoms with E-state index >= 15 is 0 Å². The van der Waals surface area contributed by atoms with Crippen molar-refractivity contribution in [2.24, 2.45) is 11.8 Å². The second kappa shape index (κ2) is 7.12. The molecule has 11 nitrogen and oxygen atoms in total. The fourth-order valence-corrected chi connectivity index (χ4v) is 6.26. The molecule has 1 heterocycles. The fourth-order valence-electron chi connectivity index (χ4n) is 6.26. The summed E-state index contributed by atoms with van der Waals surface area (Å²) in [6.45, 7) is 0. The number of ketones is 4. The number of aldehydes is 1. The summed E-state index contributed by atoms with van der Waals surface area (Å²) in [5, 5.41) is 32.2. The number of fused-ring (bicyclic) bond motifs is 5. The Labute approximate surface area is 206 Å². The lowest BCUT2D eigenvalue weighted by molar-refractivity contribution is -0.130. The van der Waals surface area contributed by atoms with E-state index in [1.807, 2.05) is 0 Å². The molecule has 186 valence electrons. The van der Waals surface area contributed by atoms with E-state index in [2.05, 4.69) is 4.98 Å². The second-order valence-electron chi connectivity index (χ2n) is 9.41. The molecule has 1 aromatic heterocycles. The minimum atomic E-state index is -2.08. The van der Waals surface area contributed by atoms with E-state index < -0.39 is 74.3 Å². The van der Waals surface area contributed by atoms with Crippen molar-refractivity contribution in [1.82, 2.24) is 4.98 Å². The van der Waals surface area contributed by atoms with Gasteiger partial charge in [0.1, 0.15) is 16.9 Å². The SMILES string of the molecule is COc1cc(O)c2c(c1O)C(=O)C1C(=O)C3(CCc4cc5cc(C=O)[nH]c(=O)c5c(O)c43)C(=O)C1C2=O. The smallest absolute Gasteiger partial charge is 0.260 e. The highest BCUT2D eigenvalue weighted by Gasteiger charge is 2.69. The molecule has 3 aliphatic rings. The zero-order valence-electron chi connectivity index (χ0n) is 19.1. The summed E-state index contributed by atoms with van der Waals surface area (Å²) in [5.74, 6) is -9.83. The molecule has 1 spiro atoms. The van der Waals surface area contributed by atoms with Crippen LogP contribution in [0.5, 0.6) is 23.0 Å². The highest BCUT2D eigenvalue weighted by molar-refractivity contribution is 6.40. The van der Waals surface area contributed by atoms with Crippen molar-refractivity contribution in [3.05, 3.63) is 56.5 Å². The maximum Gasteiger partial charge on any atom is 0.260 e. The van der Waals surface area contributed by atoms with Gasteiger partial charge in [0.25, 0.3) is 5.56 Å². The van der Waals surface area contributed by atoms with E-state index in [9.17, 15) is 44.1 Å². The minimum absolute atomic E-state index is 0.0346. The molecule has 0 radical (unpaired) electrons. The predicted molar refractivity (Wildman–Crippen MR) is 124 cm³/mol. The van der Waals surface area contributed by atoms with Crippen LogP contribution in [0.1, 0.15) is 48.8 Å². The molecule has 3 aliphatic carbocycles. The number of nitrogens with one attached hydrogen (secondary N) is 1. The van der Waals surface area contributed by atoms with Crippen molar-refractivity contribution in [2.75, 3.05) is 7.11 Å². The Kier molecular flexibility index (Phi) is 4.36. The molecular formula is C26H17NO10. The molecule has 3 aromatic rings. The highest BCUT2D eigenvalue weighted by atomic mass is 16.5. The first-order valence-electron chi connectivity index (χ1n) is 11.3. The summed E-state index contributed by atoms with van der Waals surface area (Å²) < 4.78 is 4.95. The Balaban J connectivity index is 1.60. The Morgan fingerprint density at radius 3 is 2.22 bits per heavy atom. The number of aromatic amines is 1. The van der Waals surface area contributed by atoms with E-state index in [1.165, 1.54) is 19.2 Å². The summed E-state index contributed by atoms with van der Waals surface area (Å²) in [6, 6.07) is 3.76. The van der Waals surface area contributed by atoms with Gasteiger partial charge in [0, 0.05) is 11.6 Å². The van der Waals surface area contributed by atoms with Crippen LogP contribution in [0.25, 0.3) is 10.8 Å². The van der Waals surface area contributed by atoms with Crippen molar-refractivity contribution in [1.29, 1.82) is 0 Å². The number of benzene rings is 2. The van der Waals surface area contributed by atoms with Crippen LogP contribution in [0.3, 0.4) is 0 Å². The predicted octanol–water partition coefficient (Wildman–Crippen LogP) is 1.11. The average molecular weight is 503 g/mol. The molecule has 37 heavy (non-hydrogen) atoms. The summed E-state index contributed by atoms with van der Waals surface area (Å²) >= 11 is 0. The number of methoxy groups -OCH3 is 1. The van der Waals surface area contributed by atoms with Crippen LogP contribution in [-0.2, 0) is 21.4 Å². The molecule has 3 unspecified atom stereocenters. The molecule has 1 fully saturated rings. The van der Waals surface area contributed by atoms with Gasteiger partial charge in [0.05, 0.1) is 41.2 Å². The van der Waals surface area contributed by atoms with E-state index in [0.29, 0.717) is 11.8 Å². The van der Waals surface area contributed by atoms with E-state index in [4.69, 9.17) is 4.74 Å². The van der Waals surface area contributed by atoms with Crippen molar-refractivity contribution >= 4 is 40.2 Å². The number of hydrogen-bond donors (Lipinski definition) is 4. The molecule has 0 bridgehead atoms. The summed E-state index contributed by atoms with van der Waals surface area (Å²) in [6.07, 6.45) is 0.377.